The lowest BCUT2D eigenvalue weighted by molar-refractivity contribution is -0.149. The van der Waals surface area contributed by atoms with E-state index in [1.807, 2.05) is 30.3 Å². The molecule has 1 aliphatic rings. The van der Waals surface area contributed by atoms with Crippen LogP contribution >= 0.6 is 11.6 Å². The Morgan fingerprint density at radius 2 is 1.76 bits per heavy atom. The first kappa shape index (κ1) is 22.7. The van der Waals surface area contributed by atoms with E-state index in [1.54, 1.807) is 36.1 Å². The van der Waals surface area contributed by atoms with E-state index in [4.69, 9.17) is 21.1 Å². The van der Waals surface area contributed by atoms with Gasteiger partial charge in [0.25, 0.3) is 5.91 Å². The van der Waals surface area contributed by atoms with Crippen LogP contribution in [0.15, 0.2) is 60.8 Å². The second-order valence-electron chi connectivity index (χ2n) is 7.63. The van der Waals surface area contributed by atoms with Crippen molar-refractivity contribution in [1.29, 1.82) is 0 Å². The van der Waals surface area contributed by atoms with E-state index in [0.717, 1.165) is 5.56 Å². The zero-order chi connectivity index (χ0) is 23.2. The van der Waals surface area contributed by atoms with Crippen molar-refractivity contribution in [3.8, 4) is 23.0 Å². The summed E-state index contributed by atoms with van der Waals surface area (Å²) in [4.78, 5) is 36.0. The van der Waals surface area contributed by atoms with E-state index in [0.29, 0.717) is 49.1 Å². The number of esters is 1. The molecule has 7 nitrogen and oxygen atoms in total. The number of ether oxygens (including phenoxy) is 2. The molecular weight excluding hydrogens is 442 g/mol. The molecule has 0 saturated carbocycles. The Labute approximate surface area is 197 Å². The molecule has 0 spiro atoms. The van der Waals surface area contributed by atoms with E-state index in [9.17, 15) is 9.59 Å². The van der Waals surface area contributed by atoms with Crippen LogP contribution in [0.4, 0.5) is 0 Å². The molecule has 0 radical (unpaired) electrons. The normalized spacial score (nSPS) is 14.1. The van der Waals surface area contributed by atoms with Gasteiger partial charge in [0.1, 0.15) is 11.3 Å². The van der Waals surface area contributed by atoms with Crippen LogP contribution in [-0.4, -0.2) is 46.4 Å². The molecular formula is C25H24ClN3O4. The van der Waals surface area contributed by atoms with Crippen molar-refractivity contribution in [2.45, 2.75) is 19.8 Å². The van der Waals surface area contributed by atoms with Crippen LogP contribution in [0.2, 0.25) is 5.02 Å². The topological polar surface area (TPSA) is 81.6 Å². The summed E-state index contributed by atoms with van der Waals surface area (Å²) >= 11 is 6.28. The molecule has 0 bridgehead atoms. The van der Waals surface area contributed by atoms with E-state index in [1.165, 1.54) is 6.20 Å². The molecule has 33 heavy (non-hydrogen) atoms. The number of para-hydroxylation sites is 1. The van der Waals surface area contributed by atoms with Crippen molar-refractivity contribution < 1.29 is 19.1 Å². The fourth-order valence-electron chi connectivity index (χ4n) is 3.70. The average molecular weight is 466 g/mol. The number of benzene rings is 2. The van der Waals surface area contributed by atoms with Crippen LogP contribution in [0.1, 0.15) is 30.1 Å². The number of hydrogen-bond acceptors (Lipinski definition) is 6. The maximum absolute atomic E-state index is 13.4. The van der Waals surface area contributed by atoms with Gasteiger partial charge in [-0.1, -0.05) is 54.1 Å². The van der Waals surface area contributed by atoms with Crippen LogP contribution in [0.3, 0.4) is 0 Å². The first-order valence-electron chi connectivity index (χ1n) is 10.9. The second-order valence-corrected chi connectivity index (χ2v) is 8.04. The van der Waals surface area contributed by atoms with Crippen molar-refractivity contribution in [3.05, 3.63) is 71.4 Å². The molecule has 2 aromatic carbocycles. The van der Waals surface area contributed by atoms with Gasteiger partial charge in [-0.25, -0.2) is 4.98 Å². The Hall–Kier alpha value is -3.45. The summed E-state index contributed by atoms with van der Waals surface area (Å²) < 4.78 is 11.1. The summed E-state index contributed by atoms with van der Waals surface area (Å²) in [5.74, 6) is 0.322. The molecule has 2 heterocycles. The Morgan fingerprint density at radius 3 is 2.45 bits per heavy atom. The van der Waals surface area contributed by atoms with Crippen molar-refractivity contribution in [2.24, 2.45) is 5.92 Å². The quantitative estimate of drug-likeness (QED) is 0.476. The Kier molecular flexibility index (Phi) is 7.19. The van der Waals surface area contributed by atoms with Gasteiger partial charge in [-0.2, -0.15) is 4.98 Å². The Bertz CT molecular complexity index is 1130. The minimum Gasteiger partial charge on any atom is -0.466 e. The van der Waals surface area contributed by atoms with Crippen LogP contribution in [0, 0.1) is 5.92 Å². The van der Waals surface area contributed by atoms with E-state index < -0.39 is 0 Å². The van der Waals surface area contributed by atoms with Crippen molar-refractivity contribution in [2.75, 3.05) is 19.7 Å². The van der Waals surface area contributed by atoms with Gasteiger partial charge in [-0.15, -0.1) is 0 Å². The SMILES string of the molecule is CCOC(=O)C1CCN(C(=O)c2cnc(-c3ccccc3)nc2Oc2ccccc2Cl)CC1. The highest BCUT2D eigenvalue weighted by Crippen LogP contribution is 2.32. The van der Waals surface area contributed by atoms with Gasteiger partial charge >= 0.3 is 5.97 Å². The maximum atomic E-state index is 13.4. The lowest BCUT2D eigenvalue weighted by Gasteiger charge is -2.31. The highest BCUT2D eigenvalue weighted by molar-refractivity contribution is 6.32. The summed E-state index contributed by atoms with van der Waals surface area (Å²) in [6, 6.07) is 16.5. The number of carbonyl (C=O) groups is 2. The molecule has 4 rings (SSSR count). The molecule has 1 aromatic heterocycles. The van der Waals surface area contributed by atoms with E-state index in [-0.39, 0.29) is 29.2 Å². The van der Waals surface area contributed by atoms with Crippen molar-refractivity contribution in [1.82, 2.24) is 14.9 Å². The monoisotopic (exact) mass is 465 g/mol. The molecule has 0 N–H and O–H groups in total. The molecule has 0 unspecified atom stereocenters. The number of nitrogens with zero attached hydrogens (tertiary/aromatic N) is 3. The molecule has 170 valence electrons. The molecule has 3 aromatic rings. The summed E-state index contributed by atoms with van der Waals surface area (Å²) in [5, 5.41) is 0.408. The predicted molar refractivity (Wildman–Crippen MR) is 124 cm³/mol. The zero-order valence-corrected chi connectivity index (χ0v) is 19.0. The van der Waals surface area contributed by atoms with Gasteiger partial charge in [-0.05, 0) is 31.9 Å². The molecule has 1 amide bonds. The number of rotatable bonds is 6. The van der Waals surface area contributed by atoms with Crippen LogP contribution in [0.5, 0.6) is 11.6 Å². The predicted octanol–water partition coefficient (Wildman–Crippen LogP) is 5.00. The van der Waals surface area contributed by atoms with Crippen molar-refractivity contribution >= 4 is 23.5 Å². The number of aromatic nitrogens is 2. The fraction of sp³-hybridized carbons (Fsp3) is 0.280. The Balaban J connectivity index is 1.61. The van der Waals surface area contributed by atoms with Crippen LogP contribution < -0.4 is 4.74 Å². The smallest absolute Gasteiger partial charge is 0.309 e. The third-order valence-corrected chi connectivity index (χ3v) is 5.77. The summed E-state index contributed by atoms with van der Waals surface area (Å²) in [6.45, 7) is 3.02. The number of hydrogen-bond donors (Lipinski definition) is 0. The highest BCUT2D eigenvalue weighted by Gasteiger charge is 2.30. The molecule has 0 atom stereocenters. The number of halogens is 1. The van der Waals surface area contributed by atoms with Gasteiger partial charge in [0.15, 0.2) is 5.82 Å². The summed E-state index contributed by atoms with van der Waals surface area (Å²) in [6.07, 6.45) is 2.59. The third kappa shape index (κ3) is 5.31. The largest absolute Gasteiger partial charge is 0.466 e. The zero-order valence-electron chi connectivity index (χ0n) is 18.2. The first-order valence-corrected chi connectivity index (χ1v) is 11.3. The second kappa shape index (κ2) is 10.4. The molecule has 1 saturated heterocycles. The molecule has 1 aliphatic heterocycles. The summed E-state index contributed by atoms with van der Waals surface area (Å²) in [7, 11) is 0. The number of carbonyl (C=O) groups excluding carboxylic acids is 2. The number of likely N-dealkylation sites (tertiary alicyclic amines) is 1. The number of piperidine rings is 1. The van der Waals surface area contributed by atoms with Gasteiger partial charge in [0.05, 0.1) is 17.5 Å². The van der Waals surface area contributed by atoms with Crippen LogP contribution in [0.25, 0.3) is 11.4 Å². The fourth-order valence-corrected chi connectivity index (χ4v) is 3.87. The maximum Gasteiger partial charge on any atom is 0.309 e. The molecule has 0 aliphatic carbocycles. The van der Waals surface area contributed by atoms with E-state index >= 15 is 0 Å². The lowest BCUT2D eigenvalue weighted by Crippen LogP contribution is -2.40. The van der Waals surface area contributed by atoms with Gasteiger partial charge in [-0.3, -0.25) is 9.59 Å². The first-order chi connectivity index (χ1) is 16.1. The minimum absolute atomic E-state index is 0.134. The highest BCUT2D eigenvalue weighted by atomic mass is 35.5. The standard InChI is InChI=1S/C25H24ClN3O4/c1-2-32-25(31)18-12-14-29(15-13-18)24(30)19-16-27-22(17-8-4-3-5-9-17)28-23(19)33-21-11-7-6-10-20(21)26/h3-11,16,18H,2,12-15H2,1H3. The van der Waals surface area contributed by atoms with Gasteiger partial charge in [0.2, 0.25) is 5.88 Å². The molecule has 8 heteroatoms. The third-order valence-electron chi connectivity index (χ3n) is 5.46. The van der Waals surface area contributed by atoms with Crippen molar-refractivity contribution in [3.63, 3.8) is 0 Å². The average Bonchev–Trinajstić information content (AvgIpc) is 2.86. The minimum atomic E-state index is -0.251. The van der Waals surface area contributed by atoms with Gasteiger partial charge in [0, 0.05) is 24.8 Å². The van der Waals surface area contributed by atoms with E-state index in [2.05, 4.69) is 9.97 Å². The Morgan fingerprint density at radius 1 is 1.06 bits per heavy atom. The molecule has 1 fully saturated rings. The lowest BCUT2D eigenvalue weighted by atomic mass is 9.96. The summed E-state index contributed by atoms with van der Waals surface area (Å²) in [5.41, 5.74) is 1.04. The van der Waals surface area contributed by atoms with Gasteiger partial charge < -0.3 is 14.4 Å². The number of amides is 1. The van der Waals surface area contributed by atoms with Crippen LogP contribution in [-0.2, 0) is 9.53 Å².